The molecule has 0 saturated carbocycles. The van der Waals surface area contributed by atoms with Crippen molar-refractivity contribution < 1.29 is 4.74 Å². The van der Waals surface area contributed by atoms with Gasteiger partial charge in [-0.05, 0) is 49.6 Å². The number of hydrogen-bond acceptors (Lipinski definition) is 2. The highest BCUT2D eigenvalue weighted by molar-refractivity contribution is 5.93. The first-order chi connectivity index (χ1) is 12.7. The van der Waals surface area contributed by atoms with Gasteiger partial charge >= 0.3 is 0 Å². The number of aromatic amines is 1. The molecule has 0 atom stereocenters. The van der Waals surface area contributed by atoms with Gasteiger partial charge in [0.15, 0.2) is 0 Å². The summed E-state index contributed by atoms with van der Waals surface area (Å²) in [6, 6.07) is 17.0. The Hall–Kier alpha value is -2.52. The Kier molecular flexibility index (Phi) is 4.81. The van der Waals surface area contributed by atoms with Crippen molar-refractivity contribution in [3.05, 3.63) is 71.9 Å². The standard InChI is InChI=1S/C23H26N2O/c1-17(2)26-20-8-9-23-21(14-20)22(15-24-23)19-10-12-25(13-11-19)16-18-6-4-3-5-7-18/h3-10,14-15,17,24H,11-13,16H2,1-2H3. The molecule has 2 aromatic carbocycles. The van der Waals surface area contributed by atoms with Crippen LogP contribution in [0, 0.1) is 0 Å². The van der Waals surface area contributed by atoms with Crippen LogP contribution >= 0.6 is 0 Å². The number of fused-ring (bicyclic) bond motifs is 1. The van der Waals surface area contributed by atoms with Gasteiger partial charge in [0.2, 0.25) is 0 Å². The molecule has 0 bridgehead atoms. The quantitative estimate of drug-likeness (QED) is 0.684. The summed E-state index contributed by atoms with van der Waals surface area (Å²) in [6.07, 6.45) is 5.79. The molecule has 0 fully saturated rings. The summed E-state index contributed by atoms with van der Waals surface area (Å²) in [6.45, 7) is 7.24. The van der Waals surface area contributed by atoms with E-state index in [1.54, 1.807) is 0 Å². The van der Waals surface area contributed by atoms with E-state index < -0.39 is 0 Å². The van der Waals surface area contributed by atoms with Gasteiger partial charge in [-0.2, -0.15) is 0 Å². The number of aromatic nitrogens is 1. The number of hydrogen-bond donors (Lipinski definition) is 1. The van der Waals surface area contributed by atoms with E-state index in [-0.39, 0.29) is 6.10 Å². The predicted molar refractivity (Wildman–Crippen MR) is 108 cm³/mol. The SMILES string of the molecule is CC(C)Oc1ccc2[nH]cc(C3=CCN(Cc4ccccc4)CC3)c2c1. The molecule has 3 aromatic rings. The van der Waals surface area contributed by atoms with Gasteiger partial charge in [-0.3, -0.25) is 4.90 Å². The van der Waals surface area contributed by atoms with E-state index in [9.17, 15) is 0 Å². The van der Waals surface area contributed by atoms with E-state index >= 15 is 0 Å². The third-order valence-corrected chi connectivity index (χ3v) is 4.91. The molecule has 0 aliphatic carbocycles. The highest BCUT2D eigenvalue weighted by atomic mass is 16.5. The number of nitrogens with one attached hydrogen (secondary N) is 1. The highest BCUT2D eigenvalue weighted by Gasteiger charge is 2.16. The summed E-state index contributed by atoms with van der Waals surface area (Å²) in [5.74, 6) is 0.940. The van der Waals surface area contributed by atoms with Crippen molar-refractivity contribution in [2.45, 2.75) is 32.9 Å². The van der Waals surface area contributed by atoms with Crippen LogP contribution in [0.1, 0.15) is 31.4 Å². The monoisotopic (exact) mass is 346 g/mol. The van der Waals surface area contributed by atoms with Gasteiger partial charge in [-0.15, -0.1) is 0 Å². The highest BCUT2D eigenvalue weighted by Crippen LogP contribution is 2.32. The second-order valence-electron chi connectivity index (χ2n) is 7.28. The smallest absolute Gasteiger partial charge is 0.120 e. The summed E-state index contributed by atoms with van der Waals surface area (Å²) in [7, 11) is 0. The molecule has 2 heterocycles. The zero-order valence-electron chi connectivity index (χ0n) is 15.5. The lowest BCUT2D eigenvalue weighted by Gasteiger charge is -2.26. The van der Waals surface area contributed by atoms with E-state index in [4.69, 9.17) is 4.74 Å². The van der Waals surface area contributed by atoms with E-state index in [0.29, 0.717) is 0 Å². The molecule has 0 amide bonds. The molecule has 1 aliphatic rings. The van der Waals surface area contributed by atoms with Crippen LogP contribution in [0.2, 0.25) is 0 Å². The normalized spacial score (nSPS) is 15.4. The average Bonchev–Trinajstić information content (AvgIpc) is 3.06. The van der Waals surface area contributed by atoms with Crippen LogP contribution in [-0.2, 0) is 6.54 Å². The summed E-state index contributed by atoms with van der Waals surface area (Å²) >= 11 is 0. The van der Waals surface area contributed by atoms with E-state index in [2.05, 4.69) is 78.5 Å². The molecule has 0 spiro atoms. The Bertz CT molecular complexity index is 908. The molecule has 4 rings (SSSR count). The molecular formula is C23H26N2O. The maximum atomic E-state index is 5.88. The minimum Gasteiger partial charge on any atom is -0.491 e. The van der Waals surface area contributed by atoms with Gasteiger partial charge in [-0.1, -0.05) is 36.4 Å². The number of rotatable bonds is 5. The molecule has 0 unspecified atom stereocenters. The van der Waals surface area contributed by atoms with Crippen molar-refractivity contribution in [3.8, 4) is 5.75 Å². The number of ether oxygens (including phenoxy) is 1. The summed E-state index contributed by atoms with van der Waals surface area (Å²) < 4.78 is 5.88. The molecular weight excluding hydrogens is 320 g/mol. The van der Waals surface area contributed by atoms with Crippen LogP contribution in [0.15, 0.2) is 60.8 Å². The lowest BCUT2D eigenvalue weighted by molar-refractivity contribution is 0.243. The van der Waals surface area contributed by atoms with Gasteiger partial charge in [-0.25, -0.2) is 0 Å². The van der Waals surface area contributed by atoms with Crippen LogP contribution < -0.4 is 4.74 Å². The summed E-state index contributed by atoms with van der Waals surface area (Å²) in [5.41, 5.74) is 5.30. The van der Waals surface area contributed by atoms with E-state index in [1.165, 1.54) is 27.6 Å². The zero-order chi connectivity index (χ0) is 17.9. The second kappa shape index (κ2) is 7.38. The van der Waals surface area contributed by atoms with Gasteiger partial charge in [0, 0.05) is 42.3 Å². The van der Waals surface area contributed by atoms with E-state index in [1.807, 2.05) is 6.07 Å². The van der Waals surface area contributed by atoms with Crippen LogP contribution in [-0.4, -0.2) is 29.1 Å². The third kappa shape index (κ3) is 3.68. The van der Waals surface area contributed by atoms with Crippen molar-refractivity contribution in [2.24, 2.45) is 0 Å². The van der Waals surface area contributed by atoms with Gasteiger partial charge in [0.1, 0.15) is 5.75 Å². The maximum Gasteiger partial charge on any atom is 0.120 e. The Morgan fingerprint density at radius 1 is 1.12 bits per heavy atom. The summed E-state index contributed by atoms with van der Waals surface area (Å²) in [4.78, 5) is 5.91. The number of benzene rings is 2. The molecule has 1 aromatic heterocycles. The van der Waals surface area contributed by atoms with Crippen molar-refractivity contribution in [3.63, 3.8) is 0 Å². The predicted octanol–water partition coefficient (Wildman–Crippen LogP) is 5.24. The fourth-order valence-corrected chi connectivity index (χ4v) is 3.65. The third-order valence-electron chi connectivity index (χ3n) is 4.91. The Balaban J connectivity index is 1.52. The Morgan fingerprint density at radius 3 is 2.69 bits per heavy atom. The van der Waals surface area contributed by atoms with Gasteiger partial charge in [0.25, 0.3) is 0 Å². The van der Waals surface area contributed by atoms with Crippen LogP contribution in [0.25, 0.3) is 16.5 Å². The minimum atomic E-state index is 0.190. The van der Waals surface area contributed by atoms with Crippen LogP contribution in [0.4, 0.5) is 0 Å². The first kappa shape index (κ1) is 16.9. The topological polar surface area (TPSA) is 28.3 Å². The van der Waals surface area contributed by atoms with Crippen molar-refractivity contribution >= 4 is 16.5 Å². The molecule has 3 nitrogen and oxygen atoms in total. The van der Waals surface area contributed by atoms with Gasteiger partial charge < -0.3 is 9.72 Å². The molecule has 0 saturated heterocycles. The fraction of sp³-hybridized carbons (Fsp3) is 0.304. The molecule has 1 N–H and O–H groups in total. The number of nitrogens with zero attached hydrogens (tertiary/aromatic N) is 1. The second-order valence-corrected chi connectivity index (χ2v) is 7.28. The van der Waals surface area contributed by atoms with Gasteiger partial charge in [0.05, 0.1) is 6.10 Å². The largest absolute Gasteiger partial charge is 0.491 e. The van der Waals surface area contributed by atoms with Crippen molar-refractivity contribution in [1.29, 1.82) is 0 Å². The van der Waals surface area contributed by atoms with Crippen LogP contribution in [0.5, 0.6) is 5.75 Å². The lowest BCUT2D eigenvalue weighted by Crippen LogP contribution is -2.27. The average molecular weight is 346 g/mol. The molecule has 134 valence electrons. The van der Waals surface area contributed by atoms with Crippen molar-refractivity contribution in [2.75, 3.05) is 13.1 Å². The first-order valence-electron chi connectivity index (χ1n) is 9.42. The minimum absolute atomic E-state index is 0.190. The van der Waals surface area contributed by atoms with Crippen LogP contribution in [0.3, 0.4) is 0 Å². The summed E-state index contributed by atoms with van der Waals surface area (Å²) in [5, 5.41) is 1.26. The molecule has 1 aliphatic heterocycles. The molecule has 26 heavy (non-hydrogen) atoms. The fourth-order valence-electron chi connectivity index (χ4n) is 3.65. The zero-order valence-corrected chi connectivity index (χ0v) is 15.5. The molecule has 0 radical (unpaired) electrons. The maximum absolute atomic E-state index is 5.88. The van der Waals surface area contributed by atoms with E-state index in [0.717, 1.165) is 31.8 Å². The Labute approximate surface area is 155 Å². The van der Waals surface area contributed by atoms with Crippen molar-refractivity contribution in [1.82, 2.24) is 9.88 Å². The lowest BCUT2D eigenvalue weighted by atomic mass is 9.98. The number of H-pyrrole nitrogens is 1. The molecule has 3 heteroatoms. The first-order valence-corrected chi connectivity index (χ1v) is 9.42. The Morgan fingerprint density at radius 2 is 1.96 bits per heavy atom.